The molecule has 0 atom stereocenters. The average Bonchev–Trinajstić information content (AvgIpc) is 2.69. The molecule has 0 unspecified atom stereocenters. The zero-order chi connectivity index (χ0) is 14.0. The zero-order valence-electron chi connectivity index (χ0n) is 11.5. The lowest BCUT2D eigenvalue weighted by molar-refractivity contribution is 0.102. The van der Waals surface area contributed by atoms with Gasteiger partial charge in [0.2, 0.25) is 0 Å². The highest BCUT2D eigenvalue weighted by Crippen LogP contribution is 2.27. The third kappa shape index (κ3) is 2.96. The summed E-state index contributed by atoms with van der Waals surface area (Å²) in [5.41, 5.74) is 2.51. The van der Waals surface area contributed by atoms with Crippen LogP contribution in [0.15, 0.2) is 24.3 Å². The first-order valence-electron chi connectivity index (χ1n) is 6.04. The van der Waals surface area contributed by atoms with E-state index in [0.29, 0.717) is 11.4 Å². The van der Waals surface area contributed by atoms with Gasteiger partial charge in [-0.15, -0.1) is 11.3 Å². The molecule has 0 aliphatic heterocycles. The number of hydrogen-bond acceptors (Lipinski definition) is 3. The SMILES string of the molecule is COc1ccc(C)cc1NC(=O)c1cc(C)sc1C. The summed E-state index contributed by atoms with van der Waals surface area (Å²) in [7, 11) is 1.60. The van der Waals surface area contributed by atoms with Crippen LogP contribution in [0.5, 0.6) is 5.75 Å². The van der Waals surface area contributed by atoms with Crippen molar-refractivity contribution in [3.8, 4) is 5.75 Å². The van der Waals surface area contributed by atoms with Crippen LogP contribution in [0.4, 0.5) is 5.69 Å². The van der Waals surface area contributed by atoms with Gasteiger partial charge in [0.25, 0.3) is 5.91 Å². The smallest absolute Gasteiger partial charge is 0.256 e. The second-order valence-corrected chi connectivity index (χ2v) is 5.95. The van der Waals surface area contributed by atoms with Gasteiger partial charge < -0.3 is 10.1 Å². The Hall–Kier alpha value is -1.81. The molecule has 0 spiro atoms. The summed E-state index contributed by atoms with van der Waals surface area (Å²) in [5, 5.41) is 2.92. The summed E-state index contributed by atoms with van der Waals surface area (Å²) in [5.74, 6) is 0.578. The first kappa shape index (κ1) is 13.6. The van der Waals surface area contributed by atoms with Gasteiger partial charge in [-0.2, -0.15) is 0 Å². The molecule has 0 saturated heterocycles. The van der Waals surface area contributed by atoms with Crippen molar-refractivity contribution >= 4 is 22.9 Å². The molecule has 0 saturated carbocycles. The average molecular weight is 275 g/mol. The number of ether oxygens (including phenoxy) is 1. The standard InChI is InChI=1S/C15H17NO2S/c1-9-5-6-14(18-4)13(7-9)16-15(17)12-8-10(2)19-11(12)3/h5-8H,1-4H3,(H,16,17). The maximum absolute atomic E-state index is 12.3. The van der Waals surface area contributed by atoms with Crippen LogP contribution in [-0.2, 0) is 0 Å². The van der Waals surface area contributed by atoms with E-state index in [4.69, 9.17) is 4.74 Å². The number of methoxy groups -OCH3 is 1. The van der Waals surface area contributed by atoms with Crippen LogP contribution < -0.4 is 10.1 Å². The van der Waals surface area contributed by atoms with Crippen molar-refractivity contribution in [2.24, 2.45) is 0 Å². The third-order valence-corrected chi connectivity index (χ3v) is 3.85. The molecule has 3 nitrogen and oxygen atoms in total. The Kier molecular flexibility index (Phi) is 3.90. The lowest BCUT2D eigenvalue weighted by Crippen LogP contribution is -2.13. The summed E-state index contributed by atoms with van der Waals surface area (Å²) in [6.45, 7) is 5.94. The first-order chi connectivity index (χ1) is 9.01. The number of benzene rings is 1. The van der Waals surface area contributed by atoms with Crippen molar-refractivity contribution in [2.45, 2.75) is 20.8 Å². The molecule has 1 heterocycles. The number of thiophene rings is 1. The number of aryl methyl sites for hydroxylation is 3. The van der Waals surface area contributed by atoms with Gasteiger partial charge in [0, 0.05) is 9.75 Å². The van der Waals surface area contributed by atoms with E-state index in [0.717, 1.165) is 20.9 Å². The van der Waals surface area contributed by atoms with Crippen LogP contribution in [-0.4, -0.2) is 13.0 Å². The highest BCUT2D eigenvalue weighted by Gasteiger charge is 2.14. The lowest BCUT2D eigenvalue weighted by Gasteiger charge is -2.10. The molecule has 0 radical (unpaired) electrons. The highest BCUT2D eigenvalue weighted by atomic mass is 32.1. The lowest BCUT2D eigenvalue weighted by atomic mass is 10.2. The van der Waals surface area contributed by atoms with Crippen LogP contribution >= 0.6 is 11.3 Å². The number of carbonyl (C=O) groups excluding carboxylic acids is 1. The molecule has 4 heteroatoms. The van der Waals surface area contributed by atoms with Crippen molar-refractivity contribution in [1.82, 2.24) is 0 Å². The minimum absolute atomic E-state index is 0.0919. The van der Waals surface area contributed by atoms with Crippen molar-refractivity contribution < 1.29 is 9.53 Å². The van der Waals surface area contributed by atoms with Crippen LogP contribution in [0, 0.1) is 20.8 Å². The quantitative estimate of drug-likeness (QED) is 0.921. The van der Waals surface area contributed by atoms with Gasteiger partial charge >= 0.3 is 0 Å². The first-order valence-corrected chi connectivity index (χ1v) is 6.86. The maximum atomic E-state index is 12.3. The molecule has 0 bridgehead atoms. The minimum Gasteiger partial charge on any atom is -0.495 e. The number of carbonyl (C=O) groups is 1. The number of rotatable bonds is 3. The summed E-state index contributed by atoms with van der Waals surface area (Å²) in [6.07, 6.45) is 0. The molecule has 1 amide bonds. The molecule has 0 aliphatic carbocycles. The van der Waals surface area contributed by atoms with Gasteiger partial charge in [-0.3, -0.25) is 4.79 Å². The number of anilines is 1. The number of nitrogens with one attached hydrogen (secondary N) is 1. The highest BCUT2D eigenvalue weighted by molar-refractivity contribution is 7.12. The molecule has 100 valence electrons. The largest absolute Gasteiger partial charge is 0.495 e. The van der Waals surface area contributed by atoms with Gasteiger partial charge in [-0.1, -0.05) is 6.07 Å². The molecule has 2 aromatic rings. The van der Waals surface area contributed by atoms with Crippen LogP contribution in [0.3, 0.4) is 0 Å². The van der Waals surface area contributed by atoms with Gasteiger partial charge in [-0.25, -0.2) is 0 Å². The predicted octanol–water partition coefficient (Wildman–Crippen LogP) is 3.93. The number of amides is 1. The molecule has 19 heavy (non-hydrogen) atoms. The van der Waals surface area contributed by atoms with E-state index in [-0.39, 0.29) is 5.91 Å². The van der Waals surface area contributed by atoms with E-state index in [9.17, 15) is 4.79 Å². The molecular weight excluding hydrogens is 258 g/mol. The molecule has 0 fully saturated rings. The Balaban J connectivity index is 2.28. The summed E-state index contributed by atoms with van der Waals surface area (Å²) in [4.78, 5) is 14.4. The monoisotopic (exact) mass is 275 g/mol. The van der Waals surface area contributed by atoms with Gasteiger partial charge in [0.15, 0.2) is 0 Å². The fraction of sp³-hybridized carbons (Fsp3) is 0.267. The fourth-order valence-electron chi connectivity index (χ4n) is 1.97. The third-order valence-electron chi connectivity index (χ3n) is 2.89. The second-order valence-electron chi connectivity index (χ2n) is 4.48. The van der Waals surface area contributed by atoms with Crippen LogP contribution in [0.1, 0.15) is 25.7 Å². The van der Waals surface area contributed by atoms with E-state index in [1.807, 2.05) is 45.0 Å². The summed E-state index contributed by atoms with van der Waals surface area (Å²) >= 11 is 1.63. The zero-order valence-corrected chi connectivity index (χ0v) is 12.4. The Morgan fingerprint density at radius 1 is 1.21 bits per heavy atom. The Morgan fingerprint density at radius 2 is 1.95 bits per heavy atom. The van der Waals surface area contributed by atoms with E-state index in [2.05, 4.69) is 5.32 Å². The normalized spacial score (nSPS) is 10.3. The van der Waals surface area contributed by atoms with Crippen LogP contribution in [0.25, 0.3) is 0 Å². The molecule has 1 aromatic heterocycles. The van der Waals surface area contributed by atoms with Gasteiger partial charge in [0.1, 0.15) is 5.75 Å². The van der Waals surface area contributed by atoms with Crippen molar-refractivity contribution in [1.29, 1.82) is 0 Å². The molecule has 1 N–H and O–H groups in total. The summed E-state index contributed by atoms with van der Waals surface area (Å²) in [6, 6.07) is 7.63. The fourth-order valence-corrected chi connectivity index (χ4v) is 2.89. The molecule has 2 rings (SSSR count). The molecular formula is C15H17NO2S. The predicted molar refractivity (Wildman–Crippen MR) is 79.5 cm³/mol. The molecule has 0 aliphatic rings. The Morgan fingerprint density at radius 3 is 2.53 bits per heavy atom. The summed E-state index contributed by atoms with van der Waals surface area (Å²) < 4.78 is 5.26. The van der Waals surface area contributed by atoms with Crippen molar-refractivity contribution in [2.75, 3.05) is 12.4 Å². The van der Waals surface area contributed by atoms with Crippen molar-refractivity contribution in [3.05, 3.63) is 45.1 Å². The Bertz CT molecular complexity index is 617. The second kappa shape index (κ2) is 5.45. The van der Waals surface area contributed by atoms with Crippen LogP contribution in [0.2, 0.25) is 0 Å². The minimum atomic E-state index is -0.0919. The van der Waals surface area contributed by atoms with E-state index in [1.54, 1.807) is 18.4 Å². The van der Waals surface area contributed by atoms with E-state index in [1.165, 1.54) is 0 Å². The van der Waals surface area contributed by atoms with Gasteiger partial charge in [0.05, 0.1) is 18.4 Å². The van der Waals surface area contributed by atoms with E-state index < -0.39 is 0 Å². The Labute approximate surface area is 117 Å². The maximum Gasteiger partial charge on any atom is 0.256 e. The number of hydrogen-bond donors (Lipinski definition) is 1. The van der Waals surface area contributed by atoms with E-state index >= 15 is 0 Å². The van der Waals surface area contributed by atoms with Gasteiger partial charge in [-0.05, 0) is 44.5 Å². The van der Waals surface area contributed by atoms with Crippen molar-refractivity contribution in [3.63, 3.8) is 0 Å². The topological polar surface area (TPSA) is 38.3 Å². The molecule has 1 aromatic carbocycles.